The minimum absolute atomic E-state index is 0.435. The van der Waals surface area contributed by atoms with Gasteiger partial charge in [-0.15, -0.1) is 0 Å². The Morgan fingerprint density at radius 2 is 1.86 bits per heavy atom. The zero-order chi connectivity index (χ0) is 11.1. The van der Waals surface area contributed by atoms with Crippen molar-refractivity contribution in [2.75, 3.05) is 6.61 Å². The molecular formula is C8H9FO5. The molecule has 0 bridgehead atoms. The highest BCUT2D eigenvalue weighted by Gasteiger charge is 2.02. The number of para-hydroxylation sites is 1. The molecule has 0 fully saturated rings. The first-order chi connectivity index (χ1) is 6.49. The molecule has 0 aromatic heterocycles. The van der Waals surface area contributed by atoms with Crippen LogP contribution in [0.15, 0.2) is 18.2 Å². The van der Waals surface area contributed by atoms with Gasteiger partial charge in [-0.3, -0.25) is 0 Å². The average molecular weight is 204 g/mol. The molecule has 1 aromatic rings. The van der Waals surface area contributed by atoms with Gasteiger partial charge >= 0.3 is 5.97 Å². The molecule has 5 nitrogen and oxygen atoms in total. The molecule has 0 saturated heterocycles. The number of carbonyl (C=O) groups is 1. The molecule has 14 heavy (non-hydrogen) atoms. The molecule has 0 heterocycles. The van der Waals surface area contributed by atoms with E-state index in [-0.39, 0.29) is 0 Å². The lowest BCUT2D eigenvalue weighted by atomic mass is 10.3. The van der Waals surface area contributed by atoms with E-state index in [1.807, 2.05) is 0 Å². The van der Waals surface area contributed by atoms with Gasteiger partial charge in [0.25, 0.3) is 0 Å². The van der Waals surface area contributed by atoms with E-state index in [1.165, 1.54) is 12.1 Å². The van der Waals surface area contributed by atoms with Crippen LogP contribution in [0.2, 0.25) is 0 Å². The lowest BCUT2D eigenvalue weighted by Gasteiger charge is -1.94. The van der Waals surface area contributed by atoms with Crippen molar-refractivity contribution in [3.05, 3.63) is 24.0 Å². The number of aliphatic hydroxyl groups is 1. The van der Waals surface area contributed by atoms with Crippen LogP contribution in [0, 0.1) is 5.82 Å². The van der Waals surface area contributed by atoms with Gasteiger partial charge in [0, 0.05) is 0 Å². The van der Waals surface area contributed by atoms with Crippen LogP contribution in [0.25, 0.3) is 0 Å². The van der Waals surface area contributed by atoms with Crippen LogP contribution >= 0.6 is 0 Å². The zero-order valence-corrected chi connectivity index (χ0v) is 7.01. The third-order valence-corrected chi connectivity index (χ3v) is 1.10. The number of aliphatic hydroxyl groups excluding tert-OH is 1. The van der Waals surface area contributed by atoms with Crippen LogP contribution in [-0.4, -0.2) is 33.0 Å². The summed E-state index contributed by atoms with van der Waals surface area (Å²) in [5, 5.41) is 32.2. The third-order valence-electron chi connectivity index (χ3n) is 1.10. The van der Waals surface area contributed by atoms with Gasteiger partial charge in [0.1, 0.15) is 6.61 Å². The summed E-state index contributed by atoms with van der Waals surface area (Å²) in [6, 6.07) is 3.58. The zero-order valence-electron chi connectivity index (χ0n) is 7.01. The maximum absolute atomic E-state index is 12.2. The van der Waals surface area contributed by atoms with Crippen molar-refractivity contribution in [1.82, 2.24) is 0 Å². The minimum atomic E-state index is -1.19. The Labute approximate surface area is 78.7 Å². The molecular weight excluding hydrogens is 195 g/mol. The molecule has 0 aliphatic heterocycles. The lowest BCUT2D eigenvalue weighted by Crippen LogP contribution is -1.98. The predicted octanol–water partition coefficient (Wildman–Crippen LogP) is 0.300. The summed E-state index contributed by atoms with van der Waals surface area (Å²) >= 11 is 0. The molecule has 1 aromatic carbocycles. The van der Waals surface area contributed by atoms with Gasteiger partial charge in [-0.05, 0) is 12.1 Å². The number of phenolic OH excluding ortho intramolecular Hbond substituents is 2. The minimum Gasteiger partial charge on any atom is -0.504 e. The summed E-state index contributed by atoms with van der Waals surface area (Å²) in [5.41, 5.74) is 0. The van der Waals surface area contributed by atoms with Crippen LogP contribution in [0.5, 0.6) is 11.5 Å². The topological polar surface area (TPSA) is 98.0 Å². The molecule has 0 saturated carbocycles. The first-order valence-electron chi connectivity index (χ1n) is 3.48. The van der Waals surface area contributed by atoms with E-state index < -0.39 is 29.9 Å². The number of aliphatic carboxylic acids is 1. The maximum atomic E-state index is 12.2. The second kappa shape index (κ2) is 5.76. The first-order valence-corrected chi connectivity index (χ1v) is 3.48. The molecule has 0 aliphatic carbocycles. The molecule has 0 spiro atoms. The monoisotopic (exact) mass is 204 g/mol. The highest BCUT2D eigenvalue weighted by molar-refractivity contribution is 5.67. The van der Waals surface area contributed by atoms with Crippen LogP contribution in [-0.2, 0) is 4.79 Å². The second-order valence-electron chi connectivity index (χ2n) is 2.16. The van der Waals surface area contributed by atoms with Gasteiger partial charge in [-0.25, -0.2) is 9.18 Å². The molecule has 6 heteroatoms. The van der Waals surface area contributed by atoms with Crippen molar-refractivity contribution in [1.29, 1.82) is 0 Å². The summed E-state index contributed by atoms with van der Waals surface area (Å²) in [6.45, 7) is -0.778. The van der Waals surface area contributed by atoms with E-state index in [9.17, 15) is 4.39 Å². The summed E-state index contributed by atoms with van der Waals surface area (Å²) in [4.78, 5) is 9.12. The molecule has 0 radical (unpaired) electrons. The lowest BCUT2D eigenvalue weighted by molar-refractivity contribution is -0.140. The van der Waals surface area contributed by atoms with Crippen LogP contribution in [0.1, 0.15) is 0 Å². The van der Waals surface area contributed by atoms with Gasteiger partial charge in [0.2, 0.25) is 0 Å². The Morgan fingerprint density at radius 3 is 2.14 bits per heavy atom. The summed E-state index contributed by atoms with van der Waals surface area (Å²) < 4.78 is 12.2. The Balaban J connectivity index is 0.000000292. The van der Waals surface area contributed by atoms with E-state index in [0.717, 1.165) is 6.07 Å². The van der Waals surface area contributed by atoms with Crippen molar-refractivity contribution < 1.29 is 29.6 Å². The van der Waals surface area contributed by atoms with Crippen LogP contribution in [0.3, 0.4) is 0 Å². The Hall–Kier alpha value is -1.82. The summed E-state index contributed by atoms with van der Waals surface area (Å²) in [5.74, 6) is -3.13. The number of rotatable bonds is 1. The van der Waals surface area contributed by atoms with Crippen molar-refractivity contribution in [3.63, 3.8) is 0 Å². The van der Waals surface area contributed by atoms with Crippen molar-refractivity contribution >= 4 is 5.97 Å². The fourth-order valence-corrected chi connectivity index (χ4v) is 0.504. The van der Waals surface area contributed by atoms with Gasteiger partial charge in [-0.2, -0.15) is 0 Å². The third kappa shape index (κ3) is 4.27. The van der Waals surface area contributed by atoms with E-state index in [4.69, 9.17) is 25.2 Å². The summed E-state index contributed by atoms with van der Waals surface area (Å²) in [6.07, 6.45) is 0. The number of hydrogen-bond donors (Lipinski definition) is 4. The number of hydrogen-bond acceptors (Lipinski definition) is 4. The number of carboxylic acids is 1. The fourth-order valence-electron chi connectivity index (χ4n) is 0.504. The smallest absolute Gasteiger partial charge is 0.329 e. The highest BCUT2D eigenvalue weighted by atomic mass is 19.1. The Kier molecular flexibility index (Phi) is 5.01. The first kappa shape index (κ1) is 12.2. The summed E-state index contributed by atoms with van der Waals surface area (Å²) in [7, 11) is 0. The molecule has 1 rings (SSSR count). The molecule has 78 valence electrons. The molecule has 0 amide bonds. The second-order valence-corrected chi connectivity index (χ2v) is 2.16. The SMILES string of the molecule is O=C(O)CO.Oc1cccc(F)c1O. The average Bonchev–Trinajstić information content (AvgIpc) is 2.15. The molecule has 4 N–H and O–H groups in total. The number of phenols is 2. The van der Waals surface area contributed by atoms with Gasteiger partial charge in [0.15, 0.2) is 17.3 Å². The Morgan fingerprint density at radius 1 is 1.36 bits per heavy atom. The van der Waals surface area contributed by atoms with Crippen LogP contribution in [0.4, 0.5) is 4.39 Å². The van der Waals surface area contributed by atoms with E-state index in [2.05, 4.69) is 0 Å². The maximum Gasteiger partial charge on any atom is 0.329 e. The van der Waals surface area contributed by atoms with E-state index in [0.29, 0.717) is 0 Å². The normalized spacial score (nSPS) is 8.71. The van der Waals surface area contributed by atoms with Crippen molar-refractivity contribution in [2.24, 2.45) is 0 Å². The largest absolute Gasteiger partial charge is 0.504 e. The standard InChI is InChI=1S/C6H5FO2.C2H4O3/c7-4-2-1-3-5(8)6(4)9;3-1-2(4)5/h1-3,8-9H;3H,1H2,(H,4,5). The number of benzene rings is 1. The predicted molar refractivity (Wildman–Crippen MR) is 44.5 cm³/mol. The highest BCUT2D eigenvalue weighted by Crippen LogP contribution is 2.25. The number of aromatic hydroxyl groups is 2. The fraction of sp³-hybridized carbons (Fsp3) is 0.125. The molecule has 0 unspecified atom stereocenters. The van der Waals surface area contributed by atoms with Gasteiger partial charge in [0.05, 0.1) is 0 Å². The van der Waals surface area contributed by atoms with Gasteiger partial charge in [-0.1, -0.05) is 6.07 Å². The van der Waals surface area contributed by atoms with Crippen molar-refractivity contribution in [2.45, 2.75) is 0 Å². The quantitative estimate of drug-likeness (QED) is 0.493. The van der Waals surface area contributed by atoms with Crippen LogP contribution < -0.4 is 0 Å². The number of carboxylic acid groups (broad SMARTS) is 1. The number of halogens is 1. The molecule has 0 atom stereocenters. The van der Waals surface area contributed by atoms with Crippen molar-refractivity contribution in [3.8, 4) is 11.5 Å². The van der Waals surface area contributed by atoms with E-state index >= 15 is 0 Å². The Bertz CT molecular complexity index is 292. The molecule has 0 aliphatic rings. The van der Waals surface area contributed by atoms with E-state index in [1.54, 1.807) is 0 Å². The van der Waals surface area contributed by atoms with Gasteiger partial charge < -0.3 is 20.4 Å².